The maximum atomic E-state index is 11.8. The molecule has 4 heteroatoms. The van der Waals surface area contributed by atoms with Gasteiger partial charge in [0.05, 0.1) is 0 Å². The number of hydrogen-bond donors (Lipinski definition) is 1. The number of aromatic nitrogens is 1. The predicted octanol–water partition coefficient (Wildman–Crippen LogP) is 4.25. The minimum atomic E-state index is 0.0292. The van der Waals surface area contributed by atoms with Gasteiger partial charge >= 0.3 is 0 Å². The first-order chi connectivity index (χ1) is 8.26. The van der Waals surface area contributed by atoms with Crippen molar-refractivity contribution in [2.45, 2.75) is 40.5 Å². The first kappa shape index (κ1) is 15.2. The van der Waals surface area contributed by atoms with Crippen LogP contribution in [0.2, 0.25) is 0 Å². The molecule has 1 aromatic rings. The second-order valence-corrected chi connectivity index (χ2v) is 6.90. The second-order valence-electron chi connectivity index (χ2n) is 5.98. The molecular weight excluding hydrogens is 292 g/mol. The van der Waals surface area contributed by atoms with Gasteiger partial charge in [0.1, 0.15) is 5.82 Å². The van der Waals surface area contributed by atoms with Crippen LogP contribution in [0.25, 0.3) is 0 Å². The lowest BCUT2D eigenvalue weighted by molar-refractivity contribution is -0.117. The zero-order valence-corrected chi connectivity index (χ0v) is 13.0. The van der Waals surface area contributed by atoms with Gasteiger partial charge in [-0.2, -0.15) is 0 Å². The lowest BCUT2D eigenvalue weighted by atomic mass is 9.84. The molecule has 0 aliphatic rings. The van der Waals surface area contributed by atoms with Gasteiger partial charge in [0.25, 0.3) is 0 Å². The fourth-order valence-electron chi connectivity index (χ4n) is 2.08. The molecule has 0 spiro atoms. The van der Waals surface area contributed by atoms with Gasteiger partial charge in [0.15, 0.2) is 0 Å². The lowest BCUT2D eigenvalue weighted by Crippen LogP contribution is -2.19. The average molecular weight is 313 g/mol. The first-order valence-corrected chi connectivity index (χ1v) is 6.97. The van der Waals surface area contributed by atoms with Crippen LogP contribution in [0.15, 0.2) is 22.8 Å². The maximum Gasteiger partial charge on any atom is 0.225 e. The molecule has 0 bridgehead atoms. The van der Waals surface area contributed by atoms with Crippen LogP contribution in [-0.2, 0) is 4.79 Å². The molecule has 0 radical (unpaired) electrons. The minimum absolute atomic E-state index is 0.0292. The molecule has 1 unspecified atom stereocenters. The summed E-state index contributed by atoms with van der Waals surface area (Å²) in [6.07, 6.45) is 3.25. The Labute approximate surface area is 118 Å². The molecule has 1 aromatic heterocycles. The van der Waals surface area contributed by atoms with E-state index in [0.29, 0.717) is 18.2 Å². The van der Waals surface area contributed by atoms with E-state index in [2.05, 4.69) is 53.9 Å². The molecule has 0 fully saturated rings. The highest BCUT2D eigenvalue weighted by molar-refractivity contribution is 9.10. The Kier molecular flexibility index (Phi) is 5.32. The van der Waals surface area contributed by atoms with Crippen molar-refractivity contribution in [1.82, 2.24) is 4.98 Å². The normalized spacial score (nSPS) is 13.2. The highest BCUT2D eigenvalue weighted by atomic mass is 79.9. The molecular formula is C14H21BrN2O. The van der Waals surface area contributed by atoms with Crippen LogP contribution in [0.5, 0.6) is 0 Å². The molecule has 0 aliphatic carbocycles. The van der Waals surface area contributed by atoms with Crippen LogP contribution in [0, 0.1) is 11.3 Å². The minimum Gasteiger partial charge on any atom is -0.311 e. The number of carbonyl (C=O) groups is 1. The van der Waals surface area contributed by atoms with E-state index in [9.17, 15) is 4.79 Å². The number of carbonyl (C=O) groups excluding carboxylic acids is 1. The quantitative estimate of drug-likeness (QED) is 0.903. The zero-order chi connectivity index (χ0) is 13.8. The highest BCUT2D eigenvalue weighted by Gasteiger charge is 2.17. The molecule has 1 atom stereocenters. The van der Waals surface area contributed by atoms with E-state index in [1.807, 2.05) is 6.07 Å². The van der Waals surface area contributed by atoms with Crippen LogP contribution in [-0.4, -0.2) is 10.9 Å². The van der Waals surface area contributed by atoms with E-state index < -0.39 is 0 Å². The Bertz CT molecular complexity index is 395. The summed E-state index contributed by atoms with van der Waals surface area (Å²) in [7, 11) is 0. The standard InChI is InChI=1S/C14H21BrN2O/c1-10(8-14(2,3)4)7-13(18)17-12-6-5-11(15)9-16-12/h5-6,9-10H,7-8H2,1-4H3,(H,16,17,18). The number of amides is 1. The van der Waals surface area contributed by atoms with Crippen LogP contribution in [0.3, 0.4) is 0 Å². The summed E-state index contributed by atoms with van der Waals surface area (Å²) in [5.74, 6) is 1.01. The predicted molar refractivity (Wildman–Crippen MR) is 78.4 cm³/mol. The van der Waals surface area contributed by atoms with Gasteiger partial charge in [-0.15, -0.1) is 0 Å². The number of halogens is 1. The lowest BCUT2D eigenvalue weighted by Gasteiger charge is -2.22. The molecule has 0 saturated heterocycles. The summed E-state index contributed by atoms with van der Waals surface area (Å²) >= 11 is 3.31. The molecule has 0 aromatic carbocycles. The molecule has 100 valence electrons. The van der Waals surface area contributed by atoms with Crippen molar-refractivity contribution in [2.75, 3.05) is 5.32 Å². The largest absolute Gasteiger partial charge is 0.311 e. The van der Waals surface area contributed by atoms with Crippen LogP contribution in [0.1, 0.15) is 40.5 Å². The molecule has 18 heavy (non-hydrogen) atoms. The number of nitrogens with one attached hydrogen (secondary N) is 1. The van der Waals surface area contributed by atoms with Crippen LogP contribution < -0.4 is 5.32 Å². The summed E-state index contributed by atoms with van der Waals surface area (Å²) < 4.78 is 0.904. The van der Waals surface area contributed by atoms with Gasteiger partial charge in [0, 0.05) is 17.1 Å². The Morgan fingerprint density at radius 2 is 2.11 bits per heavy atom. The van der Waals surface area contributed by atoms with Gasteiger partial charge in [-0.3, -0.25) is 4.79 Å². The molecule has 0 aliphatic heterocycles. The monoisotopic (exact) mass is 312 g/mol. The van der Waals surface area contributed by atoms with Crippen LogP contribution in [0.4, 0.5) is 5.82 Å². The Hall–Kier alpha value is -0.900. The third-order valence-electron chi connectivity index (χ3n) is 2.49. The number of pyridine rings is 1. The van der Waals surface area contributed by atoms with Gasteiger partial charge in [-0.05, 0) is 45.8 Å². The van der Waals surface area contributed by atoms with Crippen molar-refractivity contribution in [3.8, 4) is 0 Å². The Morgan fingerprint density at radius 3 is 2.61 bits per heavy atom. The molecule has 0 saturated carbocycles. The van der Waals surface area contributed by atoms with Crippen LogP contribution >= 0.6 is 15.9 Å². The topological polar surface area (TPSA) is 42.0 Å². The number of nitrogens with zero attached hydrogens (tertiary/aromatic N) is 1. The van der Waals surface area contributed by atoms with E-state index in [1.165, 1.54) is 0 Å². The summed E-state index contributed by atoms with van der Waals surface area (Å²) in [4.78, 5) is 16.0. The molecule has 3 nitrogen and oxygen atoms in total. The molecule has 1 amide bonds. The number of rotatable bonds is 4. The molecule has 1 heterocycles. The van der Waals surface area contributed by atoms with Gasteiger partial charge < -0.3 is 5.32 Å². The molecule has 1 rings (SSSR count). The van der Waals surface area contributed by atoms with Crippen molar-refractivity contribution in [2.24, 2.45) is 11.3 Å². The van der Waals surface area contributed by atoms with Crippen molar-refractivity contribution in [3.05, 3.63) is 22.8 Å². The van der Waals surface area contributed by atoms with Gasteiger partial charge in [-0.25, -0.2) is 4.98 Å². The Morgan fingerprint density at radius 1 is 1.44 bits per heavy atom. The van der Waals surface area contributed by atoms with Crippen molar-refractivity contribution in [1.29, 1.82) is 0 Å². The zero-order valence-electron chi connectivity index (χ0n) is 11.5. The first-order valence-electron chi connectivity index (χ1n) is 6.18. The van der Waals surface area contributed by atoms with E-state index in [1.54, 1.807) is 12.3 Å². The van der Waals surface area contributed by atoms with Crippen molar-refractivity contribution < 1.29 is 4.79 Å². The second kappa shape index (κ2) is 6.32. The maximum absolute atomic E-state index is 11.8. The summed E-state index contributed by atoms with van der Waals surface area (Å²) in [6.45, 7) is 8.69. The molecule has 1 N–H and O–H groups in total. The van der Waals surface area contributed by atoms with Crippen molar-refractivity contribution in [3.63, 3.8) is 0 Å². The van der Waals surface area contributed by atoms with E-state index in [4.69, 9.17) is 0 Å². The van der Waals surface area contributed by atoms with Gasteiger partial charge in [-0.1, -0.05) is 27.7 Å². The van der Waals surface area contributed by atoms with E-state index in [-0.39, 0.29) is 11.3 Å². The van der Waals surface area contributed by atoms with E-state index in [0.717, 1.165) is 10.9 Å². The number of anilines is 1. The van der Waals surface area contributed by atoms with Gasteiger partial charge in [0.2, 0.25) is 5.91 Å². The SMILES string of the molecule is CC(CC(=O)Nc1ccc(Br)cn1)CC(C)(C)C. The smallest absolute Gasteiger partial charge is 0.225 e. The third-order valence-corrected chi connectivity index (χ3v) is 2.96. The average Bonchev–Trinajstić information content (AvgIpc) is 2.18. The third kappa shape index (κ3) is 6.15. The van der Waals surface area contributed by atoms with E-state index >= 15 is 0 Å². The highest BCUT2D eigenvalue weighted by Crippen LogP contribution is 2.26. The fourth-order valence-corrected chi connectivity index (χ4v) is 2.31. The van der Waals surface area contributed by atoms with Crippen molar-refractivity contribution >= 4 is 27.7 Å². The summed E-state index contributed by atoms with van der Waals surface area (Å²) in [5, 5.41) is 2.81. The summed E-state index contributed by atoms with van der Waals surface area (Å²) in [6, 6.07) is 3.65. The summed E-state index contributed by atoms with van der Waals surface area (Å²) in [5.41, 5.74) is 0.259. The Balaban J connectivity index is 2.44. The number of hydrogen-bond acceptors (Lipinski definition) is 2. The fraction of sp³-hybridized carbons (Fsp3) is 0.571.